The third-order valence-electron chi connectivity index (χ3n) is 4.40. The lowest BCUT2D eigenvalue weighted by atomic mass is 10.1. The fourth-order valence-electron chi connectivity index (χ4n) is 2.81. The molecule has 1 heterocycles. The van der Waals surface area contributed by atoms with Gasteiger partial charge in [0.25, 0.3) is 5.91 Å². The van der Waals surface area contributed by atoms with Crippen LogP contribution >= 0.6 is 11.3 Å². The van der Waals surface area contributed by atoms with Gasteiger partial charge in [0.15, 0.2) is 0 Å². The summed E-state index contributed by atoms with van der Waals surface area (Å²) in [6, 6.07) is 21.9. The first-order valence-corrected chi connectivity index (χ1v) is 9.93. The average Bonchev–Trinajstić information content (AvgIpc) is 3.23. The molecular weight excluding hydrogens is 398 g/mol. The Labute approximate surface area is 176 Å². The molecule has 1 amide bonds. The molecule has 0 bridgehead atoms. The highest BCUT2D eigenvalue weighted by Gasteiger charge is 2.08. The molecule has 3 aromatic carbocycles. The minimum absolute atomic E-state index is 0.312. The molecule has 4 rings (SSSR count). The second kappa shape index (κ2) is 8.67. The number of para-hydroxylation sites is 1. The van der Waals surface area contributed by atoms with Gasteiger partial charge < -0.3 is 4.74 Å². The Morgan fingerprint density at radius 3 is 2.37 bits per heavy atom. The van der Waals surface area contributed by atoms with Gasteiger partial charge in [0.2, 0.25) is 0 Å². The van der Waals surface area contributed by atoms with Gasteiger partial charge in [-0.15, -0.1) is 11.3 Å². The second-order valence-corrected chi connectivity index (χ2v) is 7.41. The smallest absolute Gasteiger partial charge is 0.337 e. The summed E-state index contributed by atoms with van der Waals surface area (Å²) in [5.74, 6) is -0.714. The number of aromatic nitrogens is 1. The quantitative estimate of drug-likeness (QED) is 0.295. The van der Waals surface area contributed by atoms with E-state index in [1.807, 2.05) is 36.4 Å². The normalized spacial score (nSPS) is 11.0. The minimum atomic E-state index is -0.402. The number of methoxy groups -OCH3 is 1. The Balaban J connectivity index is 1.40. The maximum absolute atomic E-state index is 12.3. The average molecular weight is 415 g/mol. The van der Waals surface area contributed by atoms with E-state index in [2.05, 4.69) is 20.2 Å². The summed E-state index contributed by atoms with van der Waals surface area (Å²) in [5.41, 5.74) is 6.12. The SMILES string of the molecule is COC(=O)c1ccc(/C=N/NC(=O)c2ccc(-c3nc4ccccc4s3)cc2)cc1. The van der Waals surface area contributed by atoms with E-state index in [1.165, 1.54) is 13.3 Å². The number of hydrogen-bond donors (Lipinski definition) is 1. The second-order valence-electron chi connectivity index (χ2n) is 6.38. The topological polar surface area (TPSA) is 80.6 Å². The number of fused-ring (bicyclic) bond motifs is 1. The molecule has 0 saturated carbocycles. The van der Waals surface area contributed by atoms with Crippen LogP contribution in [-0.4, -0.2) is 30.2 Å². The number of hydrogen-bond acceptors (Lipinski definition) is 6. The zero-order valence-electron chi connectivity index (χ0n) is 16.0. The van der Waals surface area contributed by atoms with Crippen LogP contribution in [0.25, 0.3) is 20.8 Å². The number of carbonyl (C=O) groups excluding carboxylic acids is 2. The van der Waals surface area contributed by atoms with Gasteiger partial charge in [-0.2, -0.15) is 5.10 Å². The number of nitrogens with zero attached hydrogens (tertiary/aromatic N) is 2. The highest BCUT2D eigenvalue weighted by atomic mass is 32.1. The van der Waals surface area contributed by atoms with E-state index in [0.29, 0.717) is 11.1 Å². The van der Waals surface area contributed by atoms with Crippen LogP contribution in [0, 0.1) is 0 Å². The molecule has 0 aliphatic rings. The van der Waals surface area contributed by atoms with Crippen molar-refractivity contribution in [1.82, 2.24) is 10.4 Å². The number of amides is 1. The number of ether oxygens (including phenoxy) is 1. The predicted molar refractivity (Wildman–Crippen MR) is 118 cm³/mol. The molecule has 0 unspecified atom stereocenters. The van der Waals surface area contributed by atoms with Crippen LogP contribution in [0.4, 0.5) is 0 Å². The van der Waals surface area contributed by atoms with Crippen LogP contribution in [0.2, 0.25) is 0 Å². The van der Waals surface area contributed by atoms with Crippen LogP contribution < -0.4 is 5.43 Å². The summed E-state index contributed by atoms with van der Waals surface area (Å²) in [6.45, 7) is 0. The number of nitrogens with one attached hydrogen (secondary N) is 1. The fraction of sp³-hybridized carbons (Fsp3) is 0.0435. The van der Waals surface area contributed by atoms with Gasteiger partial charge in [0.05, 0.1) is 29.1 Å². The van der Waals surface area contributed by atoms with Crippen molar-refractivity contribution in [1.29, 1.82) is 0 Å². The van der Waals surface area contributed by atoms with E-state index >= 15 is 0 Å². The zero-order valence-corrected chi connectivity index (χ0v) is 16.8. The number of hydrazone groups is 1. The van der Waals surface area contributed by atoms with E-state index in [0.717, 1.165) is 26.4 Å². The maximum Gasteiger partial charge on any atom is 0.337 e. The van der Waals surface area contributed by atoms with Crippen LogP contribution in [0.1, 0.15) is 26.3 Å². The molecular formula is C23H17N3O3S. The number of thiazole rings is 1. The Morgan fingerprint density at radius 2 is 1.67 bits per heavy atom. The van der Waals surface area contributed by atoms with Crippen molar-refractivity contribution >= 4 is 39.6 Å². The summed E-state index contributed by atoms with van der Waals surface area (Å²) in [6.07, 6.45) is 1.51. The Morgan fingerprint density at radius 1 is 0.967 bits per heavy atom. The number of rotatable bonds is 5. The molecule has 0 spiro atoms. The summed E-state index contributed by atoms with van der Waals surface area (Å²) in [4.78, 5) is 28.4. The lowest BCUT2D eigenvalue weighted by molar-refractivity contribution is 0.0600. The molecule has 7 heteroatoms. The van der Waals surface area contributed by atoms with Crippen molar-refractivity contribution < 1.29 is 14.3 Å². The highest BCUT2D eigenvalue weighted by Crippen LogP contribution is 2.29. The van der Waals surface area contributed by atoms with Crippen molar-refractivity contribution in [3.8, 4) is 10.6 Å². The van der Waals surface area contributed by atoms with Crippen molar-refractivity contribution in [2.75, 3.05) is 7.11 Å². The van der Waals surface area contributed by atoms with Gasteiger partial charge in [-0.25, -0.2) is 15.2 Å². The first kappa shape index (κ1) is 19.5. The third kappa shape index (κ3) is 4.26. The van der Waals surface area contributed by atoms with E-state index < -0.39 is 5.97 Å². The monoisotopic (exact) mass is 415 g/mol. The number of esters is 1. The van der Waals surface area contributed by atoms with Crippen molar-refractivity contribution in [2.24, 2.45) is 5.10 Å². The minimum Gasteiger partial charge on any atom is -0.465 e. The molecule has 1 aromatic heterocycles. The molecule has 30 heavy (non-hydrogen) atoms. The first-order chi connectivity index (χ1) is 14.6. The molecule has 0 atom stereocenters. The fourth-order valence-corrected chi connectivity index (χ4v) is 3.78. The van der Waals surface area contributed by atoms with Crippen LogP contribution in [0.3, 0.4) is 0 Å². The van der Waals surface area contributed by atoms with Crippen molar-refractivity contribution in [3.63, 3.8) is 0 Å². The van der Waals surface area contributed by atoms with Gasteiger partial charge in [-0.3, -0.25) is 4.79 Å². The molecule has 0 radical (unpaired) electrons. The first-order valence-electron chi connectivity index (χ1n) is 9.12. The number of carbonyl (C=O) groups is 2. The van der Waals surface area contributed by atoms with E-state index in [1.54, 1.807) is 47.7 Å². The predicted octanol–water partition coefficient (Wildman–Crippen LogP) is 4.51. The molecule has 1 N–H and O–H groups in total. The Kier molecular flexibility index (Phi) is 5.63. The molecule has 4 aromatic rings. The van der Waals surface area contributed by atoms with Crippen LogP contribution in [-0.2, 0) is 4.74 Å². The number of benzene rings is 3. The molecule has 6 nitrogen and oxygen atoms in total. The summed E-state index contributed by atoms with van der Waals surface area (Å²) in [5, 5.41) is 4.88. The van der Waals surface area contributed by atoms with Gasteiger partial charge in [0.1, 0.15) is 5.01 Å². The summed E-state index contributed by atoms with van der Waals surface area (Å²) >= 11 is 1.62. The molecule has 0 aliphatic heterocycles. The van der Waals surface area contributed by atoms with E-state index in [4.69, 9.17) is 0 Å². The lowest BCUT2D eigenvalue weighted by Gasteiger charge is -2.02. The zero-order chi connectivity index (χ0) is 20.9. The summed E-state index contributed by atoms with van der Waals surface area (Å²) < 4.78 is 5.78. The van der Waals surface area contributed by atoms with Crippen LogP contribution in [0.15, 0.2) is 77.9 Å². The molecule has 148 valence electrons. The largest absolute Gasteiger partial charge is 0.465 e. The Bertz CT molecular complexity index is 1200. The van der Waals surface area contributed by atoms with Gasteiger partial charge in [-0.1, -0.05) is 36.4 Å². The van der Waals surface area contributed by atoms with Crippen molar-refractivity contribution in [3.05, 3.63) is 89.5 Å². The summed E-state index contributed by atoms with van der Waals surface area (Å²) in [7, 11) is 1.33. The van der Waals surface area contributed by atoms with Gasteiger partial charge in [-0.05, 0) is 42.0 Å². The lowest BCUT2D eigenvalue weighted by Crippen LogP contribution is -2.17. The standard InChI is InChI=1S/C23H17N3O3S/c1-29-23(28)18-8-6-15(7-9-18)14-24-26-21(27)16-10-12-17(13-11-16)22-25-19-4-2-3-5-20(19)30-22/h2-14H,1H3,(H,26,27)/b24-14+. The molecule has 0 aliphatic carbocycles. The third-order valence-corrected chi connectivity index (χ3v) is 5.48. The molecule has 0 fully saturated rings. The van der Waals surface area contributed by atoms with Crippen LogP contribution in [0.5, 0.6) is 0 Å². The maximum atomic E-state index is 12.3. The Hall–Kier alpha value is -3.84. The van der Waals surface area contributed by atoms with Gasteiger partial charge >= 0.3 is 5.97 Å². The van der Waals surface area contributed by atoms with E-state index in [9.17, 15) is 9.59 Å². The molecule has 0 saturated heterocycles. The highest BCUT2D eigenvalue weighted by molar-refractivity contribution is 7.21. The van der Waals surface area contributed by atoms with Gasteiger partial charge in [0, 0.05) is 11.1 Å². The van der Waals surface area contributed by atoms with Crippen molar-refractivity contribution in [2.45, 2.75) is 0 Å². The van der Waals surface area contributed by atoms with E-state index in [-0.39, 0.29) is 5.91 Å².